The molecule has 0 aliphatic rings. The van der Waals surface area contributed by atoms with Crippen LogP contribution in [0.3, 0.4) is 0 Å². The van der Waals surface area contributed by atoms with E-state index in [0.717, 1.165) is 27.6 Å². The summed E-state index contributed by atoms with van der Waals surface area (Å²) in [5.74, 6) is 0. The van der Waals surface area contributed by atoms with Crippen molar-refractivity contribution in [2.75, 3.05) is 0 Å². The van der Waals surface area contributed by atoms with E-state index in [1.807, 2.05) is 23.5 Å². The molecule has 3 nitrogen and oxygen atoms in total. The normalized spacial score (nSPS) is 12.1. The summed E-state index contributed by atoms with van der Waals surface area (Å²) >= 11 is 1.93. The first-order valence-corrected chi connectivity index (χ1v) is 20.6. The molecule has 0 aliphatic carbocycles. The van der Waals surface area contributed by atoms with E-state index in [4.69, 9.17) is 4.42 Å². The first kappa shape index (κ1) is 31.8. The van der Waals surface area contributed by atoms with Crippen LogP contribution in [-0.2, 0) is 0 Å². The summed E-state index contributed by atoms with van der Waals surface area (Å²) in [6.07, 6.45) is 0. The van der Waals surface area contributed by atoms with Crippen molar-refractivity contribution in [1.82, 2.24) is 9.13 Å². The average Bonchev–Trinajstić information content (AvgIpc) is 4.04. The van der Waals surface area contributed by atoms with Gasteiger partial charge >= 0.3 is 0 Å². The van der Waals surface area contributed by atoms with Crippen molar-refractivity contribution in [2.45, 2.75) is 0 Å². The van der Waals surface area contributed by atoms with Gasteiger partial charge in [-0.1, -0.05) is 127 Å². The van der Waals surface area contributed by atoms with Crippen LogP contribution in [0.2, 0.25) is 0 Å². The van der Waals surface area contributed by atoms with Crippen molar-refractivity contribution in [3.8, 4) is 33.6 Å². The second-order valence-corrected chi connectivity index (χ2v) is 16.3. The number of nitrogens with zero attached hydrogens (tertiary/aromatic N) is 2. The number of thiophene rings is 1. The van der Waals surface area contributed by atoms with Gasteiger partial charge in [-0.2, -0.15) is 0 Å². The molecule has 4 aromatic heterocycles. The van der Waals surface area contributed by atoms with Crippen LogP contribution in [-0.4, -0.2) is 9.13 Å². The Balaban J connectivity index is 1.03. The molecule has 4 heterocycles. The number of rotatable bonds is 4. The summed E-state index contributed by atoms with van der Waals surface area (Å²) in [5.41, 5.74) is 13.8. The molecule has 4 heteroatoms. The minimum atomic E-state index is 0.912. The van der Waals surface area contributed by atoms with Crippen LogP contribution in [0, 0.1) is 0 Å². The summed E-state index contributed by atoms with van der Waals surface area (Å²) in [6.45, 7) is 0. The zero-order valence-electron chi connectivity index (χ0n) is 31.2. The first-order valence-electron chi connectivity index (χ1n) is 19.8. The van der Waals surface area contributed by atoms with Gasteiger partial charge in [-0.25, -0.2) is 0 Å². The zero-order valence-corrected chi connectivity index (χ0v) is 32.0. The van der Waals surface area contributed by atoms with Crippen molar-refractivity contribution < 1.29 is 4.42 Å². The molecule has 270 valence electrons. The van der Waals surface area contributed by atoms with E-state index in [2.05, 4.69) is 191 Å². The highest BCUT2D eigenvalue weighted by atomic mass is 32.1. The fourth-order valence-corrected chi connectivity index (χ4v) is 11.0. The maximum absolute atomic E-state index is 6.16. The summed E-state index contributed by atoms with van der Waals surface area (Å²) in [7, 11) is 0. The molecule has 0 aliphatic heterocycles. The monoisotopic (exact) mass is 756 g/mol. The van der Waals surface area contributed by atoms with Crippen LogP contribution in [0.5, 0.6) is 0 Å². The molecule has 9 aromatic carbocycles. The summed E-state index contributed by atoms with van der Waals surface area (Å²) in [5, 5.41) is 10.0. The zero-order chi connectivity index (χ0) is 37.9. The first-order chi connectivity index (χ1) is 28.8. The molecule has 0 unspecified atom stereocenters. The van der Waals surface area contributed by atoms with E-state index in [9.17, 15) is 0 Å². The van der Waals surface area contributed by atoms with Gasteiger partial charge in [0, 0.05) is 63.9 Å². The number of benzene rings is 9. The summed E-state index contributed by atoms with van der Waals surface area (Å²) in [4.78, 5) is 0. The molecule has 0 radical (unpaired) electrons. The molecule has 0 amide bonds. The largest absolute Gasteiger partial charge is 0.456 e. The Hall–Kier alpha value is -7.40. The second-order valence-electron chi connectivity index (χ2n) is 15.3. The van der Waals surface area contributed by atoms with Gasteiger partial charge in [-0.05, 0) is 89.0 Å². The Bertz CT molecular complexity index is 3800. The predicted octanol–water partition coefficient (Wildman–Crippen LogP) is 15.5. The van der Waals surface area contributed by atoms with Crippen LogP contribution in [0.1, 0.15) is 0 Å². The quantitative estimate of drug-likeness (QED) is 0.175. The number of hydrogen-bond donors (Lipinski definition) is 0. The van der Waals surface area contributed by atoms with Gasteiger partial charge in [0.2, 0.25) is 0 Å². The lowest BCUT2D eigenvalue weighted by molar-refractivity contribution is 0.669. The third kappa shape index (κ3) is 4.49. The number of aromatic nitrogens is 2. The van der Waals surface area contributed by atoms with E-state index in [1.165, 1.54) is 91.7 Å². The SMILES string of the molecule is c1ccc(-c2cccc(-n3c4ccccc4c4c5sc6c(ccc7c6c6ccccc6n7-c6cccc(-c7ccc8oc9ccccc9c8c7)c6)c5ccc43)c2)cc1. The number of furan rings is 1. The van der Waals surface area contributed by atoms with Crippen molar-refractivity contribution in [2.24, 2.45) is 0 Å². The van der Waals surface area contributed by atoms with Crippen LogP contribution < -0.4 is 0 Å². The van der Waals surface area contributed by atoms with Gasteiger partial charge in [0.05, 0.1) is 22.1 Å². The minimum absolute atomic E-state index is 0.912. The Morgan fingerprint density at radius 3 is 1.45 bits per heavy atom. The second kappa shape index (κ2) is 12.1. The van der Waals surface area contributed by atoms with Crippen molar-refractivity contribution in [1.29, 1.82) is 0 Å². The third-order valence-electron chi connectivity index (χ3n) is 12.1. The number of hydrogen-bond acceptors (Lipinski definition) is 2. The Labute approximate surface area is 336 Å². The molecule has 0 saturated carbocycles. The standard InChI is InChI=1S/C54H32N2OS/c1-2-12-33(13-3-1)34-14-10-16-37(30-34)55-45-21-7-4-19-42(45)51-47(55)27-25-40-41-26-28-48-52(54(41)58-53(40)51)43-20-5-8-22-46(43)56(48)38-17-11-15-35(31-38)36-24-29-50-44(32-36)39-18-6-9-23-49(39)57-50/h1-32H. The average molecular weight is 757 g/mol. The molecular formula is C54H32N2OS. The van der Waals surface area contributed by atoms with Gasteiger partial charge in [-0.15, -0.1) is 11.3 Å². The van der Waals surface area contributed by atoms with Gasteiger partial charge < -0.3 is 13.6 Å². The fourth-order valence-electron chi connectivity index (χ4n) is 9.54. The number of fused-ring (bicyclic) bond motifs is 14. The van der Waals surface area contributed by atoms with E-state index in [1.54, 1.807) is 0 Å². The Morgan fingerprint density at radius 1 is 0.310 bits per heavy atom. The number of para-hydroxylation sites is 3. The molecule has 0 spiro atoms. The molecule has 13 rings (SSSR count). The van der Waals surface area contributed by atoms with Crippen LogP contribution in [0.15, 0.2) is 199 Å². The molecule has 58 heavy (non-hydrogen) atoms. The van der Waals surface area contributed by atoms with Crippen LogP contribution in [0.25, 0.3) is 119 Å². The molecule has 0 saturated heterocycles. The topological polar surface area (TPSA) is 23.0 Å². The molecular weight excluding hydrogens is 725 g/mol. The van der Waals surface area contributed by atoms with Crippen LogP contribution in [0.4, 0.5) is 0 Å². The van der Waals surface area contributed by atoms with E-state index in [-0.39, 0.29) is 0 Å². The van der Waals surface area contributed by atoms with Gasteiger partial charge in [0.25, 0.3) is 0 Å². The van der Waals surface area contributed by atoms with Crippen molar-refractivity contribution in [3.63, 3.8) is 0 Å². The summed E-state index contributed by atoms with van der Waals surface area (Å²) < 4.78 is 13.7. The third-order valence-corrected chi connectivity index (χ3v) is 13.4. The smallest absolute Gasteiger partial charge is 0.135 e. The Kier molecular flexibility index (Phi) is 6.60. The van der Waals surface area contributed by atoms with Gasteiger partial charge in [-0.3, -0.25) is 0 Å². The Morgan fingerprint density at radius 2 is 0.810 bits per heavy atom. The maximum atomic E-state index is 6.16. The maximum Gasteiger partial charge on any atom is 0.135 e. The van der Waals surface area contributed by atoms with Crippen molar-refractivity contribution in [3.05, 3.63) is 194 Å². The molecule has 0 fully saturated rings. The van der Waals surface area contributed by atoms with Gasteiger partial charge in [0.15, 0.2) is 0 Å². The summed E-state index contributed by atoms with van der Waals surface area (Å²) in [6, 6.07) is 70.5. The molecule has 0 N–H and O–H groups in total. The fraction of sp³-hybridized carbons (Fsp3) is 0. The lowest BCUT2D eigenvalue weighted by atomic mass is 10.0. The lowest BCUT2D eigenvalue weighted by Gasteiger charge is -2.10. The van der Waals surface area contributed by atoms with E-state index in [0.29, 0.717) is 0 Å². The highest BCUT2D eigenvalue weighted by Crippen LogP contribution is 2.48. The highest BCUT2D eigenvalue weighted by molar-refractivity contribution is 7.27. The lowest BCUT2D eigenvalue weighted by Crippen LogP contribution is -1.94. The van der Waals surface area contributed by atoms with E-state index >= 15 is 0 Å². The molecule has 0 atom stereocenters. The van der Waals surface area contributed by atoms with E-state index < -0.39 is 0 Å². The van der Waals surface area contributed by atoms with Crippen LogP contribution >= 0.6 is 11.3 Å². The van der Waals surface area contributed by atoms with Crippen molar-refractivity contribution >= 4 is 97.1 Å². The highest BCUT2D eigenvalue weighted by Gasteiger charge is 2.21. The minimum Gasteiger partial charge on any atom is -0.456 e. The molecule has 13 aromatic rings. The predicted molar refractivity (Wildman–Crippen MR) is 246 cm³/mol. The van der Waals surface area contributed by atoms with Gasteiger partial charge in [0.1, 0.15) is 11.2 Å². The molecule has 0 bridgehead atoms.